The molecule has 1 amide bonds. The Balaban J connectivity index is 1.93. The lowest BCUT2D eigenvalue weighted by molar-refractivity contribution is -0.115. The third kappa shape index (κ3) is 5.11. The molecule has 0 unspecified atom stereocenters. The van der Waals surface area contributed by atoms with Gasteiger partial charge < -0.3 is 15.4 Å². The second-order valence-corrected chi connectivity index (χ2v) is 7.31. The Morgan fingerprint density at radius 1 is 1.39 bits per heavy atom. The minimum absolute atomic E-state index is 0.0993. The van der Waals surface area contributed by atoms with E-state index in [0.717, 1.165) is 22.4 Å². The fraction of sp³-hybridized carbons (Fsp3) is 0.400. The van der Waals surface area contributed by atoms with Gasteiger partial charge in [0.1, 0.15) is 5.75 Å². The highest BCUT2D eigenvalue weighted by Gasteiger charge is 2.18. The summed E-state index contributed by atoms with van der Waals surface area (Å²) in [6.07, 6.45) is 1.03. The third-order valence-electron chi connectivity index (χ3n) is 2.94. The Morgan fingerprint density at radius 3 is 2.91 bits per heavy atom. The molecule has 2 rings (SSSR count). The van der Waals surface area contributed by atoms with E-state index >= 15 is 0 Å². The largest absolute Gasteiger partial charge is 0.495 e. The number of anilines is 2. The highest BCUT2D eigenvalue weighted by molar-refractivity contribution is 8.02. The molecule has 1 aromatic carbocycles. The molecule has 0 aliphatic heterocycles. The van der Waals surface area contributed by atoms with E-state index in [4.69, 9.17) is 4.74 Å². The molecular weight excluding hydrogens is 332 g/mol. The Morgan fingerprint density at radius 2 is 2.17 bits per heavy atom. The monoisotopic (exact) mass is 352 g/mol. The van der Waals surface area contributed by atoms with Crippen molar-refractivity contribution in [3.63, 3.8) is 0 Å². The maximum Gasteiger partial charge on any atom is 0.237 e. The van der Waals surface area contributed by atoms with Gasteiger partial charge in [0.05, 0.1) is 18.0 Å². The van der Waals surface area contributed by atoms with Gasteiger partial charge in [0.15, 0.2) is 4.34 Å². The number of hydrogen-bond donors (Lipinski definition) is 2. The molecule has 0 fully saturated rings. The number of methoxy groups -OCH3 is 1. The number of carbonyl (C=O) groups excluding carboxylic acids is 1. The van der Waals surface area contributed by atoms with Crippen LogP contribution in [0, 0.1) is 0 Å². The SMILES string of the molecule is CCCNc1nnc(S[C@@H](C)C(=O)Nc2ccccc2OC)s1. The van der Waals surface area contributed by atoms with Crippen LogP contribution in [-0.4, -0.2) is 35.0 Å². The van der Waals surface area contributed by atoms with Crippen LogP contribution in [0.4, 0.5) is 10.8 Å². The second kappa shape index (κ2) is 8.73. The van der Waals surface area contributed by atoms with Crippen LogP contribution in [0.1, 0.15) is 20.3 Å². The summed E-state index contributed by atoms with van der Waals surface area (Å²) in [5.41, 5.74) is 0.662. The predicted octanol–water partition coefficient (Wildman–Crippen LogP) is 3.49. The Kier molecular flexibility index (Phi) is 6.66. The van der Waals surface area contributed by atoms with Crippen molar-refractivity contribution in [1.82, 2.24) is 10.2 Å². The molecule has 1 heterocycles. The van der Waals surface area contributed by atoms with Gasteiger partial charge in [-0.3, -0.25) is 4.79 Å². The molecule has 2 N–H and O–H groups in total. The van der Waals surface area contributed by atoms with Gasteiger partial charge in [-0.2, -0.15) is 0 Å². The van der Waals surface area contributed by atoms with Gasteiger partial charge in [-0.15, -0.1) is 10.2 Å². The van der Waals surface area contributed by atoms with Crippen LogP contribution < -0.4 is 15.4 Å². The van der Waals surface area contributed by atoms with Crippen molar-refractivity contribution in [2.24, 2.45) is 0 Å². The number of thioether (sulfide) groups is 1. The zero-order valence-corrected chi connectivity index (χ0v) is 15.0. The predicted molar refractivity (Wildman–Crippen MR) is 95.6 cm³/mol. The molecule has 0 saturated heterocycles. The Labute approximate surface area is 144 Å². The molecule has 23 heavy (non-hydrogen) atoms. The van der Waals surface area contributed by atoms with Crippen molar-refractivity contribution in [2.45, 2.75) is 29.9 Å². The summed E-state index contributed by atoms with van der Waals surface area (Å²) in [6.45, 7) is 4.80. The van der Waals surface area contributed by atoms with Crippen molar-refractivity contribution in [3.8, 4) is 5.75 Å². The van der Waals surface area contributed by atoms with Crippen molar-refractivity contribution in [2.75, 3.05) is 24.3 Å². The molecule has 6 nitrogen and oxygen atoms in total. The molecule has 0 bridgehead atoms. The van der Waals surface area contributed by atoms with Crippen LogP contribution in [-0.2, 0) is 4.79 Å². The van der Waals surface area contributed by atoms with E-state index < -0.39 is 0 Å². The summed E-state index contributed by atoms with van der Waals surface area (Å²) in [4.78, 5) is 12.3. The minimum Gasteiger partial charge on any atom is -0.495 e. The van der Waals surface area contributed by atoms with Gasteiger partial charge in [0.25, 0.3) is 0 Å². The summed E-state index contributed by atoms with van der Waals surface area (Å²) in [6, 6.07) is 7.33. The standard InChI is InChI=1S/C15H20N4O2S2/c1-4-9-16-14-18-19-15(23-14)22-10(2)13(20)17-11-7-5-6-8-12(11)21-3/h5-8,10H,4,9H2,1-3H3,(H,16,18)(H,17,20)/t10-/m0/s1. The lowest BCUT2D eigenvalue weighted by Gasteiger charge is -2.12. The first-order valence-electron chi connectivity index (χ1n) is 7.32. The van der Waals surface area contributed by atoms with Gasteiger partial charge in [-0.1, -0.05) is 42.2 Å². The van der Waals surface area contributed by atoms with Gasteiger partial charge in [0, 0.05) is 6.54 Å². The average molecular weight is 352 g/mol. The molecule has 0 saturated carbocycles. The zero-order valence-electron chi connectivity index (χ0n) is 13.3. The molecule has 0 radical (unpaired) electrons. The molecule has 0 spiro atoms. The molecule has 0 aliphatic rings. The molecular formula is C15H20N4O2S2. The van der Waals surface area contributed by atoms with Gasteiger partial charge in [-0.05, 0) is 25.5 Å². The molecule has 8 heteroatoms. The number of nitrogens with zero attached hydrogens (tertiary/aromatic N) is 2. The number of hydrogen-bond acceptors (Lipinski definition) is 7. The Hall–Kier alpha value is -1.80. The summed E-state index contributed by atoms with van der Waals surface area (Å²) in [7, 11) is 1.58. The van der Waals surface area contributed by atoms with E-state index in [1.165, 1.54) is 23.1 Å². The van der Waals surface area contributed by atoms with E-state index in [0.29, 0.717) is 11.4 Å². The van der Waals surface area contributed by atoms with E-state index in [-0.39, 0.29) is 11.2 Å². The number of ether oxygens (including phenoxy) is 1. The topological polar surface area (TPSA) is 76.1 Å². The maximum atomic E-state index is 12.3. The number of para-hydroxylation sites is 2. The van der Waals surface area contributed by atoms with E-state index in [1.807, 2.05) is 31.2 Å². The first-order valence-corrected chi connectivity index (χ1v) is 9.01. The van der Waals surface area contributed by atoms with Crippen LogP contribution in [0.2, 0.25) is 0 Å². The summed E-state index contributed by atoms with van der Waals surface area (Å²) in [5.74, 6) is 0.540. The fourth-order valence-electron chi connectivity index (χ4n) is 1.75. The van der Waals surface area contributed by atoms with Gasteiger partial charge in [-0.25, -0.2) is 0 Å². The number of carbonyl (C=O) groups is 1. The van der Waals surface area contributed by atoms with E-state index in [1.54, 1.807) is 7.11 Å². The Bertz CT molecular complexity index is 648. The summed E-state index contributed by atoms with van der Waals surface area (Å²) >= 11 is 2.85. The second-order valence-electron chi connectivity index (χ2n) is 4.75. The summed E-state index contributed by atoms with van der Waals surface area (Å²) in [5, 5.41) is 14.7. The van der Waals surface area contributed by atoms with Crippen LogP contribution in [0.15, 0.2) is 28.6 Å². The molecule has 2 aromatic rings. The van der Waals surface area contributed by atoms with Crippen molar-refractivity contribution < 1.29 is 9.53 Å². The lowest BCUT2D eigenvalue weighted by atomic mass is 10.3. The zero-order chi connectivity index (χ0) is 16.7. The number of benzene rings is 1. The minimum atomic E-state index is -0.285. The van der Waals surface area contributed by atoms with Crippen molar-refractivity contribution in [1.29, 1.82) is 0 Å². The number of aromatic nitrogens is 2. The van der Waals surface area contributed by atoms with Crippen LogP contribution >= 0.6 is 23.1 Å². The van der Waals surface area contributed by atoms with Crippen molar-refractivity contribution >= 4 is 39.8 Å². The van der Waals surface area contributed by atoms with Gasteiger partial charge in [0.2, 0.25) is 11.0 Å². The van der Waals surface area contributed by atoms with Crippen molar-refractivity contribution in [3.05, 3.63) is 24.3 Å². The molecule has 1 aromatic heterocycles. The van der Waals surface area contributed by atoms with Gasteiger partial charge >= 0.3 is 0 Å². The molecule has 1 atom stereocenters. The highest BCUT2D eigenvalue weighted by atomic mass is 32.2. The highest BCUT2D eigenvalue weighted by Crippen LogP contribution is 2.30. The number of rotatable bonds is 8. The maximum absolute atomic E-state index is 12.3. The summed E-state index contributed by atoms with van der Waals surface area (Å²) < 4.78 is 6.00. The first-order chi connectivity index (χ1) is 11.1. The van der Waals surface area contributed by atoms with E-state index in [2.05, 4.69) is 27.8 Å². The quantitative estimate of drug-likeness (QED) is 0.708. The average Bonchev–Trinajstić information content (AvgIpc) is 3.00. The smallest absolute Gasteiger partial charge is 0.237 e. The fourth-order valence-corrected chi connectivity index (χ4v) is 3.67. The molecule has 0 aliphatic carbocycles. The normalized spacial score (nSPS) is 11.8. The first kappa shape index (κ1) is 17.6. The number of nitrogens with one attached hydrogen (secondary N) is 2. The number of amides is 1. The van der Waals surface area contributed by atoms with E-state index in [9.17, 15) is 4.79 Å². The van der Waals surface area contributed by atoms with Crippen LogP contribution in [0.25, 0.3) is 0 Å². The third-order valence-corrected chi connectivity index (χ3v) is 5.01. The molecule has 124 valence electrons. The van der Waals surface area contributed by atoms with Crippen LogP contribution in [0.3, 0.4) is 0 Å². The van der Waals surface area contributed by atoms with Crippen LogP contribution in [0.5, 0.6) is 5.75 Å². The lowest BCUT2D eigenvalue weighted by Crippen LogP contribution is -2.22.